The fraction of sp³-hybridized carbons (Fsp3) is 0.583. The topological polar surface area (TPSA) is 74.7 Å². The Bertz CT molecular complexity index is 369. The lowest BCUT2D eigenvalue weighted by atomic mass is 10.1. The van der Waals surface area contributed by atoms with Crippen molar-refractivity contribution in [2.24, 2.45) is 5.92 Å². The van der Waals surface area contributed by atoms with Gasteiger partial charge in [-0.3, -0.25) is 9.59 Å². The molecule has 1 amide bonds. The number of carbonyl (C=O) groups excluding carboxylic acids is 2. The van der Waals surface area contributed by atoms with Gasteiger partial charge in [0.2, 0.25) is 5.91 Å². The maximum absolute atomic E-state index is 11.8. The number of hydrogen-bond acceptors (Lipinski definition) is 4. The van der Waals surface area contributed by atoms with Gasteiger partial charge in [-0.1, -0.05) is 17.8 Å². The van der Waals surface area contributed by atoms with Crippen molar-refractivity contribution in [3.63, 3.8) is 0 Å². The number of thioether (sulfide) groups is 1. The van der Waals surface area contributed by atoms with Crippen LogP contribution in [0.2, 0.25) is 0 Å². The standard InChI is InChI=1S/C12H17NO4S/c1-3-4-10(12(16)17)13-6-9(5-11(13)15)7-18-8(2)14/h3,9-10H,1,4-7H2,2H3,(H,16,17). The Kier molecular flexibility index (Phi) is 5.40. The Morgan fingerprint density at radius 1 is 1.67 bits per heavy atom. The van der Waals surface area contributed by atoms with Crippen molar-refractivity contribution < 1.29 is 19.5 Å². The molecule has 1 saturated heterocycles. The summed E-state index contributed by atoms with van der Waals surface area (Å²) >= 11 is 1.18. The molecule has 0 saturated carbocycles. The molecule has 18 heavy (non-hydrogen) atoms. The zero-order valence-corrected chi connectivity index (χ0v) is 11.1. The molecule has 0 aromatic rings. The molecule has 0 spiro atoms. The zero-order valence-electron chi connectivity index (χ0n) is 10.3. The van der Waals surface area contributed by atoms with Gasteiger partial charge in [0.05, 0.1) is 0 Å². The van der Waals surface area contributed by atoms with E-state index in [0.29, 0.717) is 18.7 Å². The number of amides is 1. The largest absolute Gasteiger partial charge is 0.480 e. The van der Waals surface area contributed by atoms with Crippen LogP contribution in [0.4, 0.5) is 0 Å². The van der Waals surface area contributed by atoms with E-state index in [0.717, 1.165) is 0 Å². The van der Waals surface area contributed by atoms with Gasteiger partial charge in [0.1, 0.15) is 6.04 Å². The highest BCUT2D eigenvalue weighted by Crippen LogP contribution is 2.25. The number of carboxylic acids is 1. The number of nitrogens with zero attached hydrogens (tertiary/aromatic N) is 1. The van der Waals surface area contributed by atoms with E-state index in [1.54, 1.807) is 0 Å². The minimum absolute atomic E-state index is 0.0155. The fourth-order valence-electron chi connectivity index (χ4n) is 1.98. The number of hydrogen-bond donors (Lipinski definition) is 1. The first-order chi connectivity index (χ1) is 8.45. The maximum Gasteiger partial charge on any atom is 0.326 e. The van der Waals surface area contributed by atoms with Crippen LogP contribution in [0.1, 0.15) is 19.8 Å². The summed E-state index contributed by atoms with van der Waals surface area (Å²) in [6, 6.07) is -0.831. The number of likely N-dealkylation sites (tertiary alicyclic amines) is 1. The predicted octanol–water partition coefficient (Wildman–Crippen LogP) is 1.14. The molecule has 1 fully saturated rings. The molecule has 0 aliphatic carbocycles. The summed E-state index contributed by atoms with van der Waals surface area (Å²) in [6.07, 6.45) is 2.07. The summed E-state index contributed by atoms with van der Waals surface area (Å²) in [5.74, 6) is -0.544. The molecule has 1 N–H and O–H groups in total. The van der Waals surface area contributed by atoms with Crippen molar-refractivity contribution in [2.45, 2.75) is 25.8 Å². The first kappa shape index (κ1) is 14.8. The van der Waals surface area contributed by atoms with E-state index in [2.05, 4.69) is 6.58 Å². The van der Waals surface area contributed by atoms with E-state index in [9.17, 15) is 14.4 Å². The van der Waals surface area contributed by atoms with Gasteiger partial charge in [-0.25, -0.2) is 4.79 Å². The van der Waals surface area contributed by atoms with Gasteiger partial charge in [0, 0.05) is 25.6 Å². The lowest BCUT2D eigenvalue weighted by molar-refractivity contribution is -0.148. The minimum atomic E-state index is -1.01. The second-order valence-electron chi connectivity index (χ2n) is 4.30. The van der Waals surface area contributed by atoms with Gasteiger partial charge in [-0.15, -0.1) is 6.58 Å². The number of rotatable bonds is 6. The molecule has 6 heteroatoms. The maximum atomic E-state index is 11.8. The van der Waals surface area contributed by atoms with Crippen molar-refractivity contribution in [3.05, 3.63) is 12.7 Å². The van der Waals surface area contributed by atoms with E-state index >= 15 is 0 Å². The quantitative estimate of drug-likeness (QED) is 0.733. The van der Waals surface area contributed by atoms with Gasteiger partial charge in [-0.2, -0.15) is 0 Å². The van der Waals surface area contributed by atoms with Crippen molar-refractivity contribution in [1.82, 2.24) is 4.90 Å². The highest BCUT2D eigenvalue weighted by atomic mass is 32.2. The normalized spacial score (nSPS) is 20.8. The summed E-state index contributed by atoms with van der Waals surface area (Å²) in [7, 11) is 0. The second-order valence-corrected chi connectivity index (χ2v) is 5.49. The van der Waals surface area contributed by atoms with Gasteiger partial charge in [0.25, 0.3) is 0 Å². The van der Waals surface area contributed by atoms with Crippen molar-refractivity contribution in [1.29, 1.82) is 0 Å². The Morgan fingerprint density at radius 3 is 2.83 bits per heavy atom. The fourth-order valence-corrected chi connectivity index (χ4v) is 2.67. The van der Waals surface area contributed by atoms with E-state index in [1.807, 2.05) is 0 Å². The molecule has 100 valence electrons. The summed E-state index contributed by atoms with van der Waals surface area (Å²) in [6.45, 7) is 5.40. The molecule has 1 heterocycles. The average Bonchev–Trinajstić information content (AvgIpc) is 2.64. The molecule has 1 aliphatic heterocycles. The van der Waals surface area contributed by atoms with Crippen LogP contribution in [0.3, 0.4) is 0 Å². The van der Waals surface area contributed by atoms with Crippen LogP contribution < -0.4 is 0 Å². The summed E-state index contributed by atoms with van der Waals surface area (Å²) in [5, 5.41) is 9.10. The molecule has 5 nitrogen and oxygen atoms in total. The van der Waals surface area contributed by atoms with Gasteiger partial charge >= 0.3 is 5.97 Å². The Labute approximate surface area is 110 Å². The Balaban J connectivity index is 2.62. The molecule has 0 aromatic carbocycles. The van der Waals surface area contributed by atoms with E-state index in [4.69, 9.17) is 5.11 Å². The van der Waals surface area contributed by atoms with Crippen LogP contribution in [-0.4, -0.2) is 45.3 Å². The molecule has 0 bridgehead atoms. The molecule has 0 radical (unpaired) electrons. The van der Waals surface area contributed by atoms with Gasteiger partial charge in [0.15, 0.2) is 5.12 Å². The van der Waals surface area contributed by atoms with Crippen LogP contribution in [0, 0.1) is 5.92 Å². The van der Waals surface area contributed by atoms with Crippen LogP contribution in [0.15, 0.2) is 12.7 Å². The lowest BCUT2D eigenvalue weighted by Gasteiger charge is -2.23. The highest BCUT2D eigenvalue weighted by Gasteiger charge is 2.36. The summed E-state index contributed by atoms with van der Waals surface area (Å²) < 4.78 is 0. The third-order valence-electron chi connectivity index (χ3n) is 2.81. The second kappa shape index (κ2) is 6.58. The van der Waals surface area contributed by atoms with Gasteiger partial charge < -0.3 is 10.0 Å². The van der Waals surface area contributed by atoms with Crippen LogP contribution in [-0.2, 0) is 14.4 Å². The van der Waals surface area contributed by atoms with Crippen molar-refractivity contribution in [2.75, 3.05) is 12.3 Å². The van der Waals surface area contributed by atoms with E-state index in [1.165, 1.54) is 29.7 Å². The van der Waals surface area contributed by atoms with Crippen LogP contribution >= 0.6 is 11.8 Å². The van der Waals surface area contributed by atoms with Crippen LogP contribution in [0.5, 0.6) is 0 Å². The smallest absolute Gasteiger partial charge is 0.326 e. The molecular formula is C12H17NO4S. The van der Waals surface area contributed by atoms with Gasteiger partial charge in [-0.05, 0) is 12.3 Å². The number of carboxylic acid groups (broad SMARTS) is 1. The summed E-state index contributed by atoms with van der Waals surface area (Å²) in [5.41, 5.74) is 0. The molecule has 2 atom stereocenters. The SMILES string of the molecule is C=CCC(C(=O)O)N1CC(CSC(C)=O)CC1=O. The lowest BCUT2D eigenvalue weighted by Crippen LogP contribution is -2.42. The average molecular weight is 271 g/mol. The minimum Gasteiger partial charge on any atom is -0.480 e. The monoisotopic (exact) mass is 271 g/mol. The predicted molar refractivity (Wildman–Crippen MR) is 69.2 cm³/mol. The van der Waals surface area contributed by atoms with E-state index in [-0.39, 0.29) is 23.4 Å². The molecular weight excluding hydrogens is 254 g/mol. The summed E-state index contributed by atoms with van der Waals surface area (Å²) in [4.78, 5) is 35.1. The molecule has 2 unspecified atom stereocenters. The van der Waals surface area contributed by atoms with E-state index < -0.39 is 12.0 Å². The molecule has 1 aliphatic rings. The Hall–Kier alpha value is -1.30. The third-order valence-corrected chi connectivity index (χ3v) is 3.86. The zero-order chi connectivity index (χ0) is 13.7. The number of carbonyl (C=O) groups is 3. The third kappa shape index (κ3) is 3.87. The molecule has 1 rings (SSSR count). The van der Waals surface area contributed by atoms with Crippen molar-refractivity contribution >= 4 is 28.8 Å². The first-order valence-corrected chi connectivity index (χ1v) is 6.70. The van der Waals surface area contributed by atoms with Crippen molar-refractivity contribution in [3.8, 4) is 0 Å². The Morgan fingerprint density at radius 2 is 2.33 bits per heavy atom. The van der Waals surface area contributed by atoms with Crippen LogP contribution in [0.25, 0.3) is 0 Å². The number of aliphatic carboxylic acids is 1. The highest BCUT2D eigenvalue weighted by molar-refractivity contribution is 8.13. The first-order valence-electron chi connectivity index (χ1n) is 5.72. The molecule has 0 aromatic heterocycles.